The molecule has 10 heteroatoms. The van der Waals surface area contributed by atoms with Crippen molar-refractivity contribution < 1.29 is 9.21 Å². The summed E-state index contributed by atoms with van der Waals surface area (Å²) in [5.74, 6) is 1.47. The van der Waals surface area contributed by atoms with E-state index in [0.717, 1.165) is 30.0 Å². The van der Waals surface area contributed by atoms with Gasteiger partial charge in [-0.25, -0.2) is 9.78 Å². The summed E-state index contributed by atoms with van der Waals surface area (Å²) in [6.45, 7) is 3.32. The van der Waals surface area contributed by atoms with Crippen LogP contribution in [-0.2, 0) is 27.1 Å². The van der Waals surface area contributed by atoms with Crippen molar-refractivity contribution in [3.63, 3.8) is 0 Å². The lowest BCUT2D eigenvalue weighted by Crippen LogP contribution is -2.36. The van der Waals surface area contributed by atoms with Gasteiger partial charge in [0.25, 0.3) is 11.5 Å². The third-order valence-corrected chi connectivity index (χ3v) is 5.48. The molecule has 0 radical (unpaired) electrons. The van der Waals surface area contributed by atoms with Crippen molar-refractivity contribution in [3.8, 4) is 0 Å². The first-order valence-corrected chi connectivity index (χ1v) is 10.2. The Morgan fingerprint density at radius 2 is 1.97 bits per heavy atom. The Labute approximate surface area is 172 Å². The Kier molecular flexibility index (Phi) is 5.58. The number of hydrogen-bond donors (Lipinski definition) is 2. The molecule has 30 heavy (non-hydrogen) atoms. The average molecular weight is 414 g/mol. The lowest BCUT2D eigenvalue weighted by atomic mass is 10.3. The summed E-state index contributed by atoms with van der Waals surface area (Å²) in [6, 6.07) is 3.56. The maximum Gasteiger partial charge on any atom is 0.332 e. The predicted octanol–water partition coefficient (Wildman–Crippen LogP) is 0.512. The van der Waals surface area contributed by atoms with E-state index < -0.39 is 11.2 Å². The molecule has 160 valence electrons. The molecule has 0 aromatic carbocycles. The number of carbonyl (C=O) groups is 1. The van der Waals surface area contributed by atoms with Crippen LogP contribution in [0.25, 0.3) is 11.2 Å². The van der Waals surface area contributed by atoms with Crippen LogP contribution in [-0.4, -0.2) is 49.5 Å². The van der Waals surface area contributed by atoms with E-state index in [-0.39, 0.29) is 5.91 Å². The zero-order chi connectivity index (χ0) is 21.3. The number of aromatic nitrogens is 4. The van der Waals surface area contributed by atoms with Gasteiger partial charge in [0, 0.05) is 27.1 Å². The fraction of sp³-hybridized carbons (Fsp3) is 0.500. The van der Waals surface area contributed by atoms with Crippen molar-refractivity contribution in [2.45, 2.75) is 32.2 Å². The van der Waals surface area contributed by atoms with Crippen LogP contribution in [0.3, 0.4) is 0 Å². The third-order valence-electron chi connectivity index (χ3n) is 5.48. The molecule has 4 heterocycles. The van der Waals surface area contributed by atoms with Gasteiger partial charge in [-0.1, -0.05) is 0 Å². The molecule has 0 atom stereocenters. The van der Waals surface area contributed by atoms with Crippen molar-refractivity contribution >= 4 is 17.1 Å². The minimum absolute atomic E-state index is 0.247. The van der Waals surface area contributed by atoms with Crippen molar-refractivity contribution in [3.05, 3.63) is 50.3 Å². The van der Waals surface area contributed by atoms with Gasteiger partial charge in [0.05, 0.1) is 6.54 Å². The number of nitrogens with zero attached hydrogens (tertiary/aromatic N) is 4. The van der Waals surface area contributed by atoms with E-state index in [9.17, 15) is 14.4 Å². The molecule has 0 spiro atoms. The summed E-state index contributed by atoms with van der Waals surface area (Å²) in [4.78, 5) is 46.2. The number of amides is 1. The first-order valence-electron chi connectivity index (χ1n) is 10.2. The summed E-state index contributed by atoms with van der Waals surface area (Å²) < 4.78 is 8.06. The zero-order valence-corrected chi connectivity index (χ0v) is 17.2. The van der Waals surface area contributed by atoms with Gasteiger partial charge in [0.15, 0.2) is 11.4 Å². The highest BCUT2D eigenvalue weighted by molar-refractivity contribution is 5.91. The van der Waals surface area contributed by atoms with Gasteiger partial charge in [-0.05, 0) is 44.5 Å². The van der Waals surface area contributed by atoms with E-state index in [2.05, 4.69) is 20.2 Å². The number of rotatable bonds is 7. The second-order valence-electron chi connectivity index (χ2n) is 7.70. The molecular formula is C20H26N6O4. The van der Waals surface area contributed by atoms with Crippen LogP contribution in [0.1, 0.15) is 41.4 Å². The van der Waals surface area contributed by atoms with Gasteiger partial charge >= 0.3 is 5.69 Å². The minimum Gasteiger partial charge on any atom is -0.455 e. The number of fused-ring (bicyclic) bond motifs is 1. The summed E-state index contributed by atoms with van der Waals surface area (Å²) >= 11 is 0. The number of nitrogens with one attached hydrogen (secondary N) is 2. The minimum atomic E-state index is -0.416. The highest BCUT2D eigenvalue weighted by atomic mass is 16.4. The van der Waals surface area contributed by atoms with Crippen LogP contribution in [0.5, 0.6) is 0 Å². The van der Waals surface area contributed by atoms with Gasteiger partial charge in [0.2, 0.25) is 0 Å². The zero-order valence-electron chi connectivity index (χ0n) is 17.2. The van der Waals surface area contributed by atoms with Gasteiger partial charge in [-0.15, -0.1) is 0 Å². The van der Waals surface area contributed by atoms with Gasteiger partial charge in [-0.3, -0.25) is 23.6 Å². The molecule has 1 aliphatic rings. The average Bonchev–Trinajstić information content (AvgIpc) is 3.49. The summed E-state index contributed by atoms with van der Waals surface area (Å²) in [7, 11) is 3.02. The molecule has 3 aromatic rings. The summed E-state index contributed by atoms with van der Waals surface area (Å²) in [5.41, 5.74) is -0.175. The highest BCUT2D eigenvalue weighted by Crippen LogP contribution is 2.15. The molecule has 0 saturated carbocycles. The monoisotopic (exact) mass is 414 g/mol. The van der Waals surface area contributed by atoms with Crippen molar-refractivity contribution in [2.75, 3.05) is 19.6 Å². The number of furan rings is 1. The van der Waals surface area contributed by atoms with Crippen LogP contribution in [0.15, 0.2) is 26.1 Å². The molecule has 1 aliphatic heterocycles. The molecule has 1 amide bonds. The Morgan fingerprint density at radius 1 is 1.20 bits per heavy atom. The van der Waals surface area contributed by atoms with E-state index in [1.807, 2.05) is 6.07 Å². The van der Waals surface area contributed by atoms with E-state index in [1.54, 1.807) is 13.1 Å². The number of carbonyl (C=O) groups excluding carboxylic acids is 1. The topological polar surface area (TPSA) is 118 Å². The van der Waals surface area contributed by atoms with Crippen LogP contribution < -0.4 is 16.6 Å². The normalized spacial score (nSPS) is 14.6. The number of aromatic amines is 1. The quantitative estimate of drug-likeness (QED) is 0.544. The Bertz CT molecular complexity index is 1180. The maximum absolute atomic E-state index is 12.3. The van der Waals surface area contributed by atoms with Crippen LogP contribution in [0.4, 0.5) is 0 Å². The number of aryl methyl sites for hydroxylation is 2. The largest absolute Gasteiger partial charge is 0.455 e. The second kappa shape index (κ2) is 8.31. The predicted molar refractivity (Wildman–Crippen MR) is 110 cm³/mol. The van der Waals surface area contributed by atoms with E-state index in [4.69, 9.17) is 4.42 Å². The Balaban J connectivity index is 1.31. The molecule has 0 bridgehead atoms. The number of H-pyrrole nitrogens is 1. The van der Waals surface area contributed by atoms with Crippen molar-refractivity contribution in [2.24, 2.45) is 14.1 Å². The fourth-order valence-electron chi connectivity index (χ4n) is 3.78. The van der Waals surface area contributed by atoms with Gasteiger partial charge in [-0.2, -0.15) is 0 Å². The maximum atomic E-state index is 12.3. The molecule has 1 fully saturated rings. The van der Waals surface area contributed by atoms with E-state index in [0.29, 0.717) is 42.1 Å². The van der Waals surface area contributed by atoms with Crippen LogP contribution in [0.2, 0.25) is 0 Å². The smallest absolute Gasteiger partial charge is 0.332 e. The van der Waals surface area contributed by atoms with Gasteiger partial charge in [0.1, 0.15) is 17.1 Å². The third kappa shape index (κ3) is 3.95. The SMILES string of the molecule is Cn1c(=O)c2[nH]c(CCCNC(=O)c3ccc(CN4CCCC4)o3)nc2n(C)c1=O. The number of hydrogen-bond acceptors (Lipinski definition) is 6. The standard InChI is InChI=1S/C20H26N6O4/c1-24-17-16(19(28)25(2)20(24)29)22-15(23-17)6-5-9-21-18(27)14-8-7-13(30-14)12-26-10-3-4-11-26/h7-8H,3-6,9-12H2,1-2H3,(H,21,27)(H,22,23). The summed E-state index contributed by atoms with van der Waals surface area (Å²) in [6.07, 6.45) is 3.58. The highest BCUT2D eigenvalue weighted by Gasteiger charge is 2.16. The first-order chi connectivity index (χ1) is 14.4. The molecule has 4 rings (SSSR count). The number of imidazole rings is 1. The summed E-state index contributed by atoms with van der Waals surface area (Å²) in [5, 5.41) is 2.84. The molecule has 0 aliphatic carbocycles. The molecule has 0 unspecified atom stereocenters. The molecule has 2 N–H and O–H groups in total. The Morgan fingerprint density at radius 3 is 2.73 bits per heavy atom. The molecule has 10 nitrogen and oxygen atoms in total. The molecule has 3 aromatic heterocycles. The number of likely N-dealkylation sites (tertiary alicyclic amines) is 1. The molecule has 1 saturated heterocycles. The van der Waals surface area contributed by atoms with E-state index in [1.165, 1.54) is 24.5 Å². The first kappa shape index (κ1) is 20.1. The van der Waals surface area contributed by atoms with E-state index >= 15 is 0 Å². The van der Waals surface area contributed by atoms with Crippen molar-refractivity contribution in [1.29, 1.82) is 0 Å². The second-order valence-corrected chi connectivity index (χ2v) is 7.70. The Hall–Kier alpha value is -3.14. The lowest BCUT2D eigenvalue weighted by molar-refractivity contribution is 0.0922. The lowest BCUT2D eigenvalue weighted by Gasteiger charge is -2.11. The van der Waals surface area contributed by atoms with Crippen LogP contribution >= 0.6 is 0 Å². The van der Waals surface area contributed by atoms with Crippen molar-refractivity contribution in [1.82, 2.24) is 29.3 Å². The van der Waals surface area contributed by atoms with Gasteiger partial charge < -0.3 is 14.7 Å². The fourth-order valence-corrected chi connectivity index (χ4v) is 3.78. The van der Waals surface area contributed by atoms with Crippen LogP contribution in [0, 0.1) is 0 Å². The molecular weight excluding hydrogens is 388 g/mol.